The van der Waals surface area contributed by atoms with Gasteiger partial charge in [-0.3, -0.25) is 0 Å². The number of methoxy groups -OCH3 is 1. The summed E-state index contributed by atoms with van der Waals surface area (Å²) in [6.07, 6.45) is -0.646. The van der Waals surface area contributed by atoms with Gasteiger partial charge in [0.05, 0.1) is 13.2 Å². The van der Waals surface area contributed by atoms with E-state index >= 15 is 0 Å². The first-order valence-corrected chi connectivity index (χ1v) is 7.16. The van der Waals surface area contributed by atoms with Crippen molar-refractivity contribution in [2.75, 3.05) is 13.7 Å². The molecular formula is C18H23NO2. The van der Waals surface area contributed by atoms with Crippen molar-refractivity contribution < 1.29 is 9.84 Å². The third kappa shape index (κ3) is 3.26. The van der Waals surface area contributed by atoms with Gasteiger partial charge in [-0.1, -0.05) is 42.0 Å². The average molecular weight is 285 g/mol. The average Bonchev–Trinajstić information content (AvgIpc) is 2.48. The summed E-state index contributed by atoms with van der Waals surface area (Å²) in [6, 6.07) is 13.8. The smallest absolute Gasteiger partial charge is 0.122 e. The van der Waals surface area contributed by atoms with Crippen molar-refractivity contribution in [3.63, 3.8) is 0 Å². The van der Waals surface area contributed by atoms with Crippen molar-refractivity contribution in [1.29, 1.82) is 0 Å². The van der Waals surface area contributed by atoms with Gasteiger partial charge in [-0.15, -0.1) is 0 Å². The first-order chi connectivity index (χ1) is 10.1. The predicted octanol–water partition coefficient (Wildman–Crippen LogP) is 3.09. The van der Waals surface area contributed by atoms with E-state index in [4.69, 9.17) is 10.5 Å². The van der Waals surface area contributed by atoms with E-state index in [9.17, 15) is 5.11 Å². The summed E-state index contributed by atoms with van der Waals surface area (Å²) < 4.78 is 5.43. The molecule has 0 amide bonds. The molecule has 0 aromatic heterocycles. The molecule has 3 N–H and O–H groups in total. The summed E-state index contributed by atoms with van der Waals surface area (Å²) in [4.78, 5) is 0. The van der Waals surface area contributed by atoms with E-state index in [0.29, 0.717) is 6.54 Å². The molecule has 2 rings (SSSR count). The number of benzene rings is 2. The maximum atomic E-state index is 10.8. The summed E-state index contributed by atoms with van der Waals surface area (Å²) in [5.74, 6) is 0.574. The zero-order valence-corrected chi connectivity index (χ0v) is 12.8. The Balaban J connectivity index is 2.44. The molecule has 2 aromatic rings. The first kappa shape index (κ1) is 15.5. The van der Waals surface area contributed by atoms with Gasteiger partial charge in [0.2, 0.25) is 0 Å². The van der Waals surface area contributed by atoms with Gasteiger partial charge in [-0.2, -0.15) is 0 Å². The number of aliphatic hydroxyl groups is 1. The highest BCUT2D eigenvalue weighted by Gasteiger charge is 2.25. The Morgan fingerprint density at radius 1 is 1.10 bits per heavy atom. The Labute approximate surface area is 126 Å². The van der Waals surface area contributed by atoms with Crippen LogP contribution in [-0.2, 0) is 0 Å². The van der Waals surface area contributed by atoms with Crippen LogP contribution in [0.15, 0.2) is 42.5 Å². The molecule has 0 saturated carbocycles. The van der Waals surface area contributed by atoms with E-state index in [1.807, 2.05) is 56.3 Å². The van der Waals surface area contributed by atoms with Crippen LogP contribution in [0.5, 0.6) is 5.75 Å². The van der Waals surface area contributed by atoms with Crippen molar-refractivity contribution in [1.82, 2.24) is 0 Å². The Bertz CT molecular complexity index is 610. The maximum Gasteiger partial charge on any atom is 0.122 e. The molecule has 0 aliphatic carbocycles. The second-order valence-electron chi connectivity index (χ2n) is 5.39. The van der Waals surface area contributed by atoms with E-state index in [2.05, 4.69) is 0 Å². The molecule has 0 spiro atoms. The van der Waals surface area contributed by atoms with Crippen LogP contribution in [0.3, 0.4) is 0 Å². The van der Waals surface area contributed by atoms with Crippen molar-refractivity contribution in [2.24, 2.45) is 5.73 Å². The molecular weight excluding hydrogens is 262 g/mol. The minimum atomic E-state index is -0.646. The summed E-state index contributed by atoms with van der Waals surface area (Å²) in [5.41, 5.74) is 10.0. The third-order valence-corrected chi connectivity index (χ3v) is 3.93. The number of aliphatic hydroxyl groups excluding tert-OH is 1. The minimum Gasteiger partial charge on any atom is -0.496 e. The molecule has 2 aromatic carbocycles. The standard InChI is InChI=1S/C18H23NO2/c1-12-8-9-17(21-3)15(10-12)16(11-19)18(20)14-7-5-4-6-13(14)2/h4-10,16,18,20H,11,19H2,1-3H3. The van der Waals surface area contributed by atoms with Gasteiger partial charge >= 0.3 is 0 Å². The molecule has 21 heavy (non-hydrogen) atoms. The number of hydrogen-bond donors (Lipinski definition) is 2. The monoisotopic (exact) mass is 285 g/mol. The highest BCUT2D eigenvalue weighted by Crippen LogP contribution is 2.36. The summed E-state index contributed by atoms with van der Waals surface area (Å²) in [6.45, 7) is 4.38. The zero-order chi connectivity index (χ0) is 15.4. The summed E-state index contributed by atoms with van der Waals surface area (Å²) in [5, 5.41) is 10.8. The van der Waals surface area contributed by atoms with Crippen molar-refractivity contribution >= 4 is 0 Å². The second kappa shape index (κ2) is 6.74. The van der Waals surface area contributed by atoms with Gasteiger partial charge in [-0.05, 0) is 31.0 Å². The third-order valence-electron chi connectivity index (χ3n) is 3.93. The van der Waals surface area contributed by atoms with E-state index < -0.39 is 6.10 Å². The van der Waals surface area contributed by atoms with Gasteiger partial charge < -0.3 is 15.6 Å². The Hall–Kier alpha value is -1.84. The molecule has 0 radical (unpaired) electrons. The van der Waals surface area contributed by atoms with Crippen molar-refractivity contribution in [3.8, 4) is 5.75 Å². The SMILES string of the molecule is COc1ccc(C)cc1C(CN)C(O)c1ccccc1C. The highest BCUT2D eigenvalue weighted by molar-refractivity contribution is 5.42. The van der Waals surface area contributed by atoms with E-state index in [1.54, 1.807) is 7.11 Å². The molecule has 0 aliphatic heterocycles. The number of rotatable bonds is 5. The van der Waals surface area contributed by atoms with Crippen molar-refractivity contribution in [3.05, 3.63) is 64.7 Å². The minimum absolute atomic E-state index is 0.194. The fourth-order valence-corrected chi connectivity index (χ4v) is 2.70. The van der Waals surface area contributed by atoms with Gasteiger partial charge in [-0.25, -0.2) is 0 Å². The normalized spacial score (nSPS) is 13.8. The fourth-order valence-electron chi connectivity index (χ4n) is 2.70. The predicted molar refractivity (Wildman–Crippen MR) is 85.7 cm³/mol. The Kier molecular flexibility index (Phi) is 4.99. The van der Waals surface area contributed by atoms with Crippen LogP contribution in [0.25, 0.3) is 0 Å². The number of ether oxygens (including phenoxy) is 1. The lowest BCUT2D eigenvalue weighted by Crippen LogP contribution is -2.21. The van der Waals surface area contributed by atoms with Crippen LogP contribution in [0, 0.1) is 13.8 Å². The maximum absolute atomic E-state index is 10.8. The van der Waals surface area contributed by atoms with Crippen LogP contribution in [-0.4, -0.2) is 18.8 Å². The van der Waals surface area contributed by atoms with Gasteiger partial charge in [0, 0.05) is 18.0 Å². The molecule has 2 atom stereocenters. The molecule has 3 nitrogen and oxygen atoms in total. The van der Waals surface area contributed by atoms with E-state index in [0.717, 1.165) is 28.0 Å². The van der Waals surface area contributed by atoms with Crippen LogP contribution >= 0.6 is 0 Å². The molecule has 2 unspecified atom stereocenters. The van der Waals surface area contributed by atoms with Gasteiger partial charge in [0.15, 0.2) is 0 Å². The van der Waals surface area contributed by atoms with Gasteiger partial charge in [0.25, 0.3) is 0 Å². The van der Waals surface area contributed by atoms with Crippen LogP contribution in [0.4, 0.5) is 0 Å². The summed E-state index contributed by atoms with van der Waals surface area (Å²) in [7, 11) is 1.64. The molecule has 0 heterocycles. The Morgan fingerprint density at radius 2 is 1.81 bits per heavy atom. The molecule has 0 aliphatic rings. The molecule has 112 valence electrons. The molecule has 0 bridgehead atoms. The Morgan fingerprint density at radius 3 is 2.43 bits per heavy atom. The topological polar surface area (TPSA) is 55.5 Å². The fraction of sp³-hybridized carbons (Fsp3) is 0.333. The molecule has 3 heteroatoms. The lowest BCUT2D eigenvalue weighted by atomic mass is 9.86. The molecule has 0 fully saturated rings. The van der Waals surface area contributed by atoms with E-state index in [-0.39, 0.29) is 5.92 Å². The van der Waals surface area contributed by atoms with Gasteiger partial charge in [0.1, 0.15) is 5.75 Å². The van der Waals surface area contributed by atoms with Crippen LogP contribution in [0.2, 0.25) is 0 Å². The number of nitrogens with two attached hydrogens (primary N) is 1. The van der Waals surface area contributed by atoms with E-state index in [1.165, 1.54) is 0 Å². The molecule has 0 saturated heterocycles. The number of aryl methyl sites for hydroxylation is 2. The quantitative estimate of drug-likeness (QED) is 0.887. The summed E-state index contributed by atoms with van der Waals surface area (Å²) >= 11 is 0. The van der Waals surface area contributed by atoms with Crippen LogP contribution in [0.1, 0.15) is 34.3 Å². The zero-order valence-electron chi connectivity index (χ0n) is 12.8. The van der Waals surface area contributed by atoms with Crippen LogP contribution < -0.4 is 10.5 Å². The lowest BCUT2D eigenvalue weighted by molar-refractivity contribution is 0.145. The second-order valence-corrected chi connectivity index (χ2v) is 5.39. The first-order valence-electron chi connectivity index (χ1n) is 7.16. The number of hydrogen-bond acceptors (Lipinski definition) is 3. The lowest BCUT2D eigenvalue weighted by Gasteiger charge is -2.25. The van der Waals surface area contributed by atoms with Crippen molar-refractivity contribution in [2.45, 2.75) is 25.9 Å². The largest absolute Gasteiger partial charge is 0.496 e. The highest BCUT2D eigenvalue weighted by atomic mass is 16.5.